The fraction of sp³-hybridized carbons (Fsp3) is 0.583. The molecule has 3 rings (SSSR count). The number of ether oxygens (including phenoxy) is 2. The van der Waals surface area contributed by atoms with Crippen LogP contribution >= 0.6 is 22.6 Å². The van der Waals surface area contributed by atoms with Crippen LogP contribution in [0.2, 0.25) is 0 Å². The van der Waals surface area contributed by atoms with Gasteiger partial charge in [0.25, 0.3) is 0 Å². The van der Waals surface area contributed by atoms with Crippen molar-refractivity contribution in [1.29, 1.82) is 0 Å². The lowest BCUT2D eigenvalue weighted by atomic mass is 9.82. The molecule has 0 saturated heterocycles. The summed E-state index contributed by atoms with van der Waals surface area (Å²) in [4.78, 5) is 11.8. The number of halogens is 4. The third-order valence-corrected chi connectivity index (χ3v) is 6.62. The number of hydrogen-bond donors (Lipinski definition) is 0. The first kappa shape index (κ1) is 26.0. The highest BCUT2D eigenvalue weighted by Gasteiger charge is 2.39. The van der Waals surface area contributed by atoms with Gasteiger partial charge in [0.15, 0.2) is 5.69 Å². The maximum Gasteiger partial charge on any atom is 0.436 e. The van der Waals surface area contributed by atoms with Gasteiger partial charge in [-0.3, -0.25) is 4.68 Å². The minimum Gasteiger partial charge on any atom is -0.458 e. The van der Waals surface area contributed by atoms with Gasteiger partial charge >= 0.3 is 12.1 Å². The molecular formula is C24H30F3IN2O3. The predicted octanol–water partition coefficient (Wildman–Crippen LogP) is 6.34. The molecule has 1 fully saturated rings. The lowest BCUT2D eigenvalue weighted by Crippen LogP contribution is -2.28. The van der Waals surface area contributed by atoms with E-state index in [2.05, 4.69) is 5.10 Å². The summed E-state index contributed by atoms with van der Waals surface area (Å²) in [7, 11) is 0. The number of aromatic nitrogens is 2. The average Bonchev–Trinajstić information content (AvgIpc) is 3.05. The van der Waals surface area contributed by atoms with Gasteiger partial charge in [0, 0.05) is 12.1 Å². The molecule has 0 unspecified atom stereocenters. The van der Waals surface area contributed by atoms with Crippen molar-refractivity contribution in [2.45, 2.75) is 64.8 Å². The first-order valence-electron chi connectivity index (χ1n) is 11.1. The number of benzene rings is 1. The van der Waals surface area contributed by atoms with Crippen molar-refractivity contribution < 1.29 is 27.4 Å². The number of esters is 1. The van der Waals surface area contributed by atoms with Crippen LogP contribution in [0.4, 0.5) is 13.2 Å². The molecule has 0 aliphatic heterocycles. The van der Waals surface area contributed by atoms with Crippen LogP contribution in [0.1, 0.15) is 52.1 Å². The van der Waals surface area contributed by atoms with E-state index in [0.717, 1.165) is 31.2 Å². The van der Waals surface area contributed by atoms with Crippen molar-refractivity contribution in [3.63, 3.8) is 0 Å². The second-order valence-electron chi connectivity index (χ2n) is 9.55. The molecule has 1 aliphatic rings. The van der Waals surface area contributed by atoms with Gasteiger partial charge in [-0.05, 0) is 80.9 Å². The zero-order chi connectivity index (χ0) is 24.2. The van der Waals surface area contributed by atoms with E-state index in [1.807, 2.05) is 51.1 Å². The van der Waals surface area contributed by atoms with Crippen LogP contribution in [-0.2, 0) is 27.0 Å². The number of carbonyl (C=O) groups is 1. The number of rotatable bonds is 7. The van der Waals surface area contributed by atoms with Gasteiger partial charge in [0.1, 0.15) is 12.2 Å². The highest BCUT2D eigenvalue weighted by molar-refractivity contribution is 14.1. The monoisotopic (exact) mass is 578 g/mol. The first-order chi connectivity index (χ1) is 15.4. The molecule has 5 nitrogen and oxygen atoms in total. The second-order valence-corrected chi connectivity index (χ2v) is 10.6. The normalized spacial score (nSPS) is 19.5. The minimum atomic E-state index is -4.49. The average molecular weight is 578 g/mol. The maximum absolute atomic E-state index is 13.5. The molecule has 182 valence electrons. The molecule has 0 amide bonds. The Balaban J connectivity index is 1.59. The van der Waals surface area contributed by atoms with Crippen molar-refractivity contribution in [1.82, 2.24) is 9.78 Å². The van der Waals surface area contributed by atoms with E-state index >= 15 is 0 Å². The Bertz CT molecular complexity index is 931. The number of alkyl halides is 3. The Morgan fingerprint density at radius 2 is 1.70 bits per heavy atom. The zero-order valence-corrected chi connectivity index (χ0v) is 21.3. The van der Waals surface area contributed by atoms with Crippen LogP contribution in [0.5, 0.6) is 0 Å². The fourth-order valence-electron chi connectivity index (χ4n) is 4.13. The molecule has 1 aromatic carbocycles. The molecule has 1 aliphatic carbocycles. The van der Waals surface area contributed by atoms with Gasteiger partial charge in [-0.25, -0.2) is 4.79 Å². The van der Waals surface area contributed by atoms with Crippen LogP contribution in [-0.4, -0.2) is 34.6 Å². The lowest BCUT2D eigenvalue weighted by Gasteiger charge is -2.28. The smallest absolute Gasteiger partial charge is 0.436 e. The highest BCUT2D eigenvalue weighted by atomic mass is 127. The summed E-state index contributed by atoms with van der Waals surface area (Å²) in [5, 5.41) is 3.98. The van der Waals surface area contributed by atoms with E-state index in [1.165, 1.54) is 4.68 Å². The second kappa shape index (κ2) is 10.8. The van der Waals surface area contributed by atoms with Gasteiger partial charge in [-0.15, -0.1) is 0 Å². The molecule has 0 radical (unpaired) electrons. The van der Waals surface area contributed by atoms with Crippen molar-refractivity contribution in [2.24, 2.45) is 11.8 Å². The molecule has 9 heteroatoms. The van der Waals surface area contributed by atoms with Gasteiger partial charge in [0.2, 0.25) is 0 Å². The van der Waals surface area contributed by atoms with Crippen LogP contribution in [0, 0.1) is 15.4 Å². The summed E-state index contributed by atoms with van der Waals surface area (Å²) in [6.45, 7) is 6.31. The van der Waals surface area contributed by atoms with Gasteiger partial charge in [0.05, 0.1) is 15.9 Å². The summed E-state index contributed by atoms with van der Waals surface area (Å²) in [6, 6.07) is 9.11. The van der Waals surface area contributed by atoms with Crippen molar-refractivity contribution >= 4 is 28.6 Å². The first-order valence-corrected chi connectivity index (χ1v) is 12.2. The Morgan fingerprint density at radius 1 is 1.09 bits per heavy atom. The van der Waals surface area contributed by atoms with E-state index in [1.54, 1.807) is 22.6 Å². The SMILES string of the molecule is CC(C)(C)OC(=O)COCC1CCC(Cn2nc(C(F)(F)F)c(I)c2-c2ccccc2)CC1. The maximum atomic E-state index is 13.5. The summed E-state index contributed by atoms with van der Waals surface area (Å²) in [5.41, 5.74) is -0.111. The molecular weight excluding hydrogens is 548 g/mol. The Morgan fingerprint density at radius 3 is 2.27 bits per heavy atom. The fourth-order valence-corrected chi connectivity index (χ4v) is 5.13. The lowest BCUT2D eigenvalue weighted by molar-refractivity contribution is -0.160. The van der Waals surface area contributed by atoms with E-state index in [4.69, 9.17) is 9.47 Å². The molecule has 33 heavy (non-hydrogen) atoms. The number of hydrogen-bond acceptors (Lipinski definition) is 4. The third kappa shape index (κ3) is 7.43. The van der Waals surface area contributed by atoms with Gasteiger partial charge in [-0.2, -0.15) is 18.3 Å². The number of carbonyl (C=O) groups excluding carboxylic acids is 1. The zero-order valence-electron chi connectivity index (χ0n) is 19.1. The van der Waals surface area contributed by atoms with Gasteiger partial charge in [-0.1, -0.05) is 30.3 Å². The van der Waals surface area contributed by atoms with Crippen LogP contribution in [0.25, 0.3) is 11.3 Å². The number of nitrogens with zero attached hydrogens (tertiary/aromatic N) is 2. The molecule has 1 aromatic heterocycles. The van der Waals surface area contributed by atoms with Crippen LogP contribution < -0.4 is 0 Å². The Kier molecular flexibility index (Phi) is 8.47. The Hall–Kier alpha value is -1.62. The Labute approximate surface area is 206 Å². The summed E-state index contributed by atoms with van der Waals surface area (Å²) in [6.07, 6.45) is -0.915. The molecule has 0 atom stereocenters. The van der Waals surface area contributed by atoms with Crippen molar-refractivity contribution in [3.05, 3.63) is 39.6 Å². The molecule has 0 bridgehead atoms. The summed E-state index contributed by atoms with van der Waals surface area (Å²) in [5.74, 6) is 0.200. The van der Waals surface area contributed by atoms with Crippen LogP contribution in [0.15, 0.2) is 30.3 Å². The standard InChI is InChI=1S/C24H30F3IN2O3/c1-23(2,3)33-19(31)15-32-14-17-11-9-16(10-12-17)13-30-21(18-7-5-4-6-8-18)20(28)22(29-30)24(25,26)27/h4-8,16-17H,9-15H2,1-3H3. The summed E-state index contributed by atoms with van der Waals surface area (Å²) < 4.78 is 53.0. The van der Waals surface area contributed by atoms with E-state index < -0.39 is 17.5 Å². The van der Waals surface area contributed by atoms with E-state index in [9.17, 15) is 18.0 Å². The molecule has 1 heterocycles. The van der Waals surface area contributed by atoms with Gasteiger partial charge < -0.3 is 9.47 Å². The molecule has 0 N–H and O–H groups in total. The predicted molar refractivity (Wildman–Crippen MR) is 127 cm³/mol. The van der Waals surface area contributed by atoms with E-state index in [0.29, 0.717) is 24.8 Å². The van der Waals surface area contributed by atoms with Crippen molar-refractivity contribution in [2.75, 3.05) is 13.2 Å². The highest BCUT2D eigenvalue weighted by Crippen LogP contribution is 2.38. The molecule has 2 aromatic rings. The van der Waals surface area contributed by atoms with E-state index in [-0.39, 0.29) is 22.1 Å². The minimum absolute atomic E-state index is 0.0659. The molecule has 1 saturated carbocycles. The summed E-state index contributed by atoms with van der Waals surface area (Å²) >= 11 is 1.76. The van der Waals surface area contributed by atoms with Crippen LogP contribution in [0.3, 0.4) is 0 Å². The largest absolute Gasteiger partial charge is 0.458 e. The molecule has 0 spiro atoms. The topological polar surface area (TPSA) is 53.4 Å². The quantitative estimate of drug-likeness (QED) is 0.285. The third-order valence-electron chi connectivity index (χ3n) is 5.60. The van der Waals surface area contributed by atoms with Crippen molar-refractivity contribution in [3.8, 4) is 11.3 Å².